The van der Waals surface area contributed by atoms with E-state index < -0.39 is 137 Å². The highest BCUT2D eigenvalue weighted by Gasteiger charge is 2.44. The Morgan fingerprint density at radius 2 is 0.727 bits per heavy atom. The summed E-state index contributed by atoms with van der Waals surface area (Å²) in [5.41, 5.74) is -11.6. The Bertz CT molecular complexity index is 1980. The van der Waals surface area contributed by atoms with Crippen LogP contribution in [0.3, 0.4) is 0 Å². The Morgan fingerprint density at radius 3 is 1.07 bits per heavy atom. The number of hydrogen-bond donors (Lipinski definition) is 0. The molecule has 0 bridgehead atoms. The summed E-state index contributed by atoms with van der Waals surface area (Å²) in [6, 6.07) is 0.462. The lowest BCUT2D eigenvalue weighted by atomic mass is 9.83. The minimum atomic E-state index is -6.21. The van der Waals surface area contributed by atoms with Gasteiger partial charge in [0.15, 0.2) is 69.8 Å². The molecular weight excluding hydrogens is 647 g/mol. The van der Waals surface area contributed by atoms with Gasteiger partial charge in [-0.1, -0.05) is 0 Å². The van der Waals surface area contributed by atoms with Gasteiger partial charge in [0.1, 0.15) is 17.2 Å². The Hall–Kier alpha value is -4.57. The van der Waals surface area contributed by atoms with Crippen LogP contribution >= 0.6 is 0 Å². The van der Waals surface area contributed by atoms with Crippen LogP contribution < -0.4 is 0 Å². The average molecular weight is 650 g/mol. The van der Waals surface area contributed by atoms with Crippen molar-refractivity contribution in [1.29, 1.82) is 0 Å². The molecule has 0 fully saturated rings. The third-order valence-electron chi connectivity index (χ3n) is 6.53. The van der Waals surface area contributed by atoms with Gasteiger partial charge in [0, 0.05) is 44.3 Å². The van der Waals surface area contributed by atoms with Crippen molar-refractivity contribution < 1.29 is 74.6 Å². The molecule has 230 valence electrons. The third-order valence-corrected chi connectivity index (χ3v) is 6.53. The van der Waals surface area contributed by atoms with E-state index in [0.29, 0.717) is 6.07 Å². The average Bonchev–Trinajstić information content (AvgIpc) is 2.94. The van der Waals surface area contributed by atoms with Crippen LogP contribution in [0.15, 0.2) is 18.2 Å². The first-order valence-electron chi connectivity index (χ1n) is 11.2. The molecule has 5 aromatic rings. The maximum atomic E-state index is 15.4. The molecule has 0 saturated carbocycles. The molecule has 0 aromatic heterocycles. The van der Waals surface area contributed by atoms with Crippen molar-refractivity contribution >= 4 is 21.5 Å². The maximum absolute atomic E-state index is 15.4. The van der Waals surface area contributed by atoms with E-state index in [2.05, 4.69) is 0 Å². The molecule has 0 unspecified atom stereocenters. The van der Waals surface area contributed by atoms with Gasteiger partial charge in [0.25, 0.3) is 0 Å². The normalized spacial score (nSPS) is 12.2. The van der Waals surface area contributed by atoms with Crippen molar-refractivity contribution in [1.82, 2.24) is 0 Å². The third kappa shape index (κ3) is 4.07. The smallest absolute Gasteiger partial charge is 0.207 e. The summed E-state index contributed by atoms with van der Waals surface area (Å²) >= 11 is 0. The molecule has 0 aliphatic rings. The van der Waals surface area contributed by atoms with Crippen LogP contribution in [-0.4, -0.2) is 0 Å². The fourth-order valence-corrected chi connectivity index (χ4v) is 4.76. The van der Waals surface area contributed by atoms with Gasteiger partial charge in [-0.2, -0.15) is 13.2 Å². The van der Waals surface area contributed by atoms with Crippen molar-refractivity contribution in [3.05, 3.63) is 105 Å². The van der Waals surface area contributed by atoms with Crippen molar-refractivity contribution in [2.24, 2.45) is 0 Å². The Labute approximate surface area is 230 Å². The van der Waals surface area contributed by atoms with Gasteiger partial charge in [-0.3, -0.25) is 0 Å². The van der Waals surface area contributed by atoms with Crippen LogP contribution in [0.1, 0.15) is 5.56 Å². The quantitative estimate of drug-likeness (QED) is 0.0773. The van der Waals surface area contributed by atoms with Crippen molar-refractivity contribution in [2.75, 3.05) is 0 Å². The van der Waals surface area contributed by atoms with Gasteiger partial charge >= 0.3 is 6.18 Å². The van der Waals surface area contributed by atoms with Gasteiger partial charge in [-0.25, -0.2) is 61.5 Å². The monoisotopic (exact) mass is 650 g/mol. The summed E-state index contributed by atoms with van der Waals surface area (Å²) in [5, 5.41) is -8.71. The summed E-state index contributed by atoms with van der Waals surface area (Å²) in [6.45, 7) is 0. The highest BCUT2D eigenvalue weighted by atomic mass is 19.4. The minimum Gasteiger partial charge on any atom is -0.207 e. The molecule has 0 nitrogen and oxygen atoms in total. The van der Waals surface area contributed by atoms with Crippen LogP contribution in [0.5, 0.6) is 0 Å². The predicted molar refractivity (Wildman–Crippen MR) is 117 cm³/mol. The maximum Gasteiger partial charge on any atom is 0.422 e. The lowest BCUT2D eigenvalue weighted by Gasteiger charge is -2.22. The Morgan fingerprint density at radius 1 is 0.364 bits per heavy atom. The number of rotatable bonds is 2. The van der Waals surface area contributed by atoms with Crippen LogP contribution in [0.4, 0.5) is 74.6 Å². The molecule has 0 aliphatic heterocycles. The van der Waals surface area contributed by atoms with E-state index in [9.17, 15) is 48.3 Å². The number of benzene rings is 5. The molecule has 0 aliphatic carbocycles. The molecule has 0 radical (unpaired) electrons. The second-order valence-electron chi connectivity index (χ2n) is 8.89. The van der Waals surface area contributed by atoms with Gasteiger partial charge in [0.2, 0.25) is 0 Å². The zero-order valence-corrected chi connectivity index (χ0v) is 20.2. The molecule has 44 heavy (non-hydrogen) atoms. The molecule has 5 rings (SSSR count). The van der Waals surface area contributed by atoms with Gasteiger partial charge in [0.05, 0.1) is 5.56 Å². The fraction of sp³-hybridized carbons (Fsp3) is 0.0370. The summed E-state index contributed by atoms with van der Waals surface area (Å²) in [7, 11) is 0. The summed E-state index contributed by atoms with van der Waals surface area (Å²) in [5.74, 6) is -39.3. The predicted octanol–water partition coefficient (Wildman–Crippen LogP) is 10.3. The summed E-state index contributed by atoms with van der Waals surface area (Å²) < 4.78 is 247. The highest BCUT2D eigenvalue weighted by molar-refractivity contribution is 6.22. The van der Waals surface area contributed by atoms with Gasteiger partial charge in [-0.15, -0.1) is 0 Å². The molecule has 5 aromatic carbocycles. The second kappa shape index (κ2) is 9.99. The molecule has 0 heterocycles. The van der Waals surface area contributed by atoms with E-state index >= 15 is 26.3 Å². The molecule has 17 heteroatoms. The lowest BCUT2D eigenvalue weighted by Crippen LogP contribution is -2.16. The molecular formula is C27H3F17. The number of fused-ring (bicyclic) bond motifs is 2. The van der Waals surface area contributed by atoms with Crippen LogP contribution in [0, 0.1) is 81.4 Å². The van der Waals surface area contributed by atoms with Crippen molar-refractivity contribution in [2.45, 2.75) is 6.18 Å². The first-order valence-corrected chi connectivity index (χ1v) is 11.2. The lowest BCUT2D eigenvalue weighted by molar-refractivity contribution is -0.143. The fourth-order valence-electron chi connectivity index (χ4n) is 4.76. The Balaban J connectivity index is 2.27. The minimum absolute atomic E-state index is 0.0663. The number of alkyl halides is 3. The van der Waals surface area contributed by atoms with E-state index in [1.54, 1.807) is 0 Å². The van der Waals surface area contributed by atoms with Crippen LogP contribution in [-0.2, 0) is 6.18 Å². The van der Waals surface area contributed by atoms with E-state index in [-0.39, 0.29) is 12.1 Å². The van der Waals surface area contributed by atoms with Gasteiger partial charge in [-0.05, 0) is 12.1 Å². The van der Waals surface area contributed by atoms with Gasteiger partial charge < -0.3 is 0 Å². The number of halogens is 17. The van der Waals surface area contributed by atoms with E-state index in [1.807, 2.05) is 0 Å². The molecule has 0 amide bonds. The summed E-state index contributed by atoms with van der Waals surface area (Å²) in [6.07, 6.45) is -6.21. The topological polar surface area (TPSA) is 0 Å². The van der Waals surface area contributed by atoms with E-state index in [1.165, 1.54) is 0 Å². The van der Waals surface area contributed by atoms with E-state index in [0.717, 1.165) is 0 Å². The van der Waals surface area contributed by atoms with Crippen molar-refractivity contribution in [3.8, 4) is 22.3 Å². The zero-order chi connectivity index (χ0) is 32.9. The second-order valence-corrected chi connectivity index (χ2v) is 8.89. The largest absolute Gasteiger partial charge is 0.422 e. The molecule has 0 saturated heterocycles. The first kappa shape index (κ1) is 30.9. The molecule has 0 spiro atoms. The standard InChI is InChI=1S/C27H3F17/c28-4-1-2-5(6(29)3-4)7-9-11(17(32)25(40)23(38)15(9)30)8(12-10(7)16(31)24(39)26(41)18(12)33)13-19(34)21(36)14(27(42,43)44)22(37)20(13)35/h1-3H. The molecule has 0 atom stereocenters. The van der Waals surface area contributed by atoms with Crippen molar-refractivity contribution in [3.63, 3.8) is 0 Å². The number of hydrogen-bond acceptors (Lipinski definition) is 0. The SMILES string of the molecule is Fc1ccc(-c2c3c(F)c(F)c(F)c(F)c3c(-c3c(F)c(F)c(C(F)(F)F)c(F)c3F)c3c(F)c(F)c(F)c(F)c23)c(F)c1. The Kier molecular flexibility index (Phi) is 7.01. The highest BCUT2D eigenvalue weighted by Crippen LogP contribution is 2.51. The molecule has 0 N–H and O–H groups in total. The van der Waals surface area contributed by atoms with Crippen LogP contribution in [0.25, 0.3) is 43.8 Å². The van der Waals surface area contributed by atoms with Crippen LogP contribution in [0.2, 0.25) is 0 Å². The zero-order valence-electron chi connectivity index (χ0n) is 20.2. The van der Waals surface area contributed by atoms with E-state index in [4.69, 9.17) is 0 Å². The summed E-state index contributed by atoms with van der Waals surface area (Å²) in [4.78, 5) is 0. The first-order chi connectivity index (χ1) is 20.3.